The molecule has 1 atom stereocenters. The summed E-state index contributed by atoms with van der Waals surface area (Å²) in [6.07, 6.45) is -6.38. The average Bonchev–Trinajstić information content (AvgIpc) is 2.54. The number of furan rings is 1. The molecule has 0 saturated heterocycles. The molecule has 96 valence electrons. The van der Waals surface area contributed by atoms with Gasteiger partial charge < -0.3 is 14.3 Å². The SMILES string of the molecule is Cc1cc(COC(C)C(F)(F)F)oc1C(=O)O. The molecule has 0 fully saturated rings. The van der Waals surface area contributed by atoms with Crippen molar-refractivity contribution in [3.05, 3.63) is 23.2 Å². The molecule has 1 aromatic rings. The molecular weight excluding hydrogens is 241 g/mol. The first kappa shape index (κ1) is 13.6. The summed E-state index contributed by atoms with van der Waals surface area (Å²) in [5.41, 5.74) is 0.343. The maximum Gasteiger partial charge on any atom is 0.414 e. The zero-order valence-corrected chi connectivity index (χ0v) is 9.17. The van der Waals surface area contributed by atoms with Crippen LogP contribution in [0.25, 0.3) is 0 Å². The van der Waals surface area contributed by atoms with E-state index in [1.54, 1.807) is 0 Å². The second-order valence-electron chi connectivity index (χ2n) is 3.52. The van der Waals surface area contributed by atoms with Gasteiger partial charge in [0.15, 0.2) is 6.10 Å². The van der Waals surface area contributed by atoms with Crippen LogP contribution in [0.15, 0.2) is 10.5 Å². The zero-order valence-electron chi connectivity index (χ0n) is 9.17. The van der Waals surface area contributed by atoms with Gasteiger partial charge in [-0.25, -0.2) is 4.79 Å². The van der Waals surface area contributed by atoms with Crippen molar-refractivity contribution in [2.45, 2.75) is 32.7 Å². The minimum Gasteiger partial charge on any atom is -0.475 e. The molecule has 0 aliphatic carbocycles. The molecule has 1 unspecified atom stereocenters. The summed E-state index contributed by atoms with van der Waals surface area (Å²) in [5, 5.41) is 8.67. The quantitative estimate of drug-likeness (QED) is 0.895. The number of rotatable bonds is 4. The summed E-state index contributed by atoms with van der Waals surface area (Å²) in [5.74, 6) is -1.50. The van der Waals surface area contributed by atoms with Crippen LogP contribution >= 0.6 is 0 Å². The van der Waals surface area contributed by atoms with Crippen molar-refractivity contribution >= 4 is 5.97 Å². The Morgan fingerprint density at radius 2 is 2.18 bits per heavy atom. The summed E-state index contributed by atoms with van der Waals surface area (Å²) in [6, 6.07) is 1.34. The fourth-order valence-electron chi connectivity index (χ4n) is 1.13. The monoisotopic (exact) mass is 252 g/mol. The lowest BCUT2D eigenvalue weighted by Gasteiger charge is -2.15. The van der Waals surface area contributed by atoms with Gasteiger partial charge in [0.2, 0.25) is 5.76 Å². The molecule has 1 rings (SSSR count). The molecule has 0 amide bonds. The number of carboxylic acids is 1. The Hall–Kier alpha value is -1.50. The normalized spacial score (nSPS) is 13.7. The van der Waals surface area contributed by atoms with Crippen molar-refractivity contribution in [2.24, 2.45) is 0 Å². The van der Waals surface area contributed by atoms with E-state index in [2.05, 4.69) is 4.74 Å². The first-order valence-electron chi connectivity index (χ1n) is 4.72. The maximum absolute atomic E-state index is 12.1. The van der Waals surface area contributed by atoms with Crippen LogP contribution in [0.2, 0.25) is 0 Å². The fourth-order valence-corrected chi connectivity index (χ4v) is 1.13. The van der Waals surface area contributed by atoms with Gasteiger partial charge in [-0.3, -0.25) is 0 Å². The minimum absolute atomic E-state index is 0.0519. The standard InChI is InChI=1S/C10H11F3O4/c1-5-3-7(17-8(5)9(14)15)4-16-6(2)10(11,12)13/h3,6H,4H2,1-2H3,(H,14,15). The smallest absolute Gasteiger partial charge is 0.414 e. The highest BCUT2D eigenvalue weighted by Gasteiger charge is 2.37. The van der Waals surface area contributed by atoms with E-state index >= 15 is 0 Å². The Morgan fingerprint density at radius 3 is 2.59 bits per heavy atom. The van der Waals surface area contributed by atoms with E-state index in [0.717, 1.165) is 6.92 Å². The van der Waals surface area contributed by atoms with E-state index in [9.17, 15) is 18.0 Å². The van der Waals surface area contributed by atoms with Crippen LogP contribution in [0.4, 0.5) is 13.2 Å². The third kappa shape index (κ3) is 3.48. The Kier molecular flexibility index (Phi) is 3.82. The molecule has 17 heavy (non-hydrogen) atoms. The lowest BCUT2D eigenvalue weighted by Crippen LogP contribution is -2.28. The van der Waals surface area contributed by atoms with Crippen LogP contribution in [0.1, 0.15) is 28.8 Å². The van der Waals surface area contributed by atoms with Crippen molar-refractivity contribution in [3.63, 3.8) is 0 Å². The summed E-state index contributed by atoms with van der Waals surface area (Å²) in [4.78, 5) is 10.6. The first-order chi connectivity index (χ1) is 7.71. The lowest BCUT2D eigenvalue weighted by molar-refractivity contribution is -0.218. The number of halogens is 3. The molecular formula is C10H11F3O4. The first-order valence-corrected chi connectivity index (χ1v) is 4.72. The Bertz CT molecular complexity index is 408. The van der Waals surface area contributed by atoms with E-state index in [0.29, 0.717) is 5.56 Å². The molecule has 1 aromatic heterocycles. The van der Waals surface area contributed by atoms with Crippen molar-refractivity contribution < 1.29 is 32.2 Å². The van der Waals surface area contributed by atoms with Crippen LogP contribution < -0.4 is 0 Å². The molecule has 1 heterocycles. The number of carboxylic acid groups (broad SMARTS) is 1. The molecule has 0 radical (unpaired) electrons. The summed E-state index contributed by atoms with van der Waals surface area (Å²) in [7, 11) is 0. The Balaban J connectivity index is 2.65. The molecule has 0 bridgehead atoms. The highest BCUT2D eigenvalue weighted by Crippen LogP contribution is 2.24. The number of hydrogen-bond acceptors (Lipinski definition) is 3. The summed E-state index contributed by atoms with van der Waals surface area (Å²) < 4.78 is 45.7. The lowest BCUT2D eigenvalue weighted by atomic mass is 10.2. The summed E-state index contributed by atoms with van der Waals surface area (Å²) >= 11 is 0. The Labute approximate surface area is 95.0 Å². The van der Waals surface area contributed by atoms with Gasteiger partial charge in [0.05, 0.1) is 0 Å². The van der Waals surface area contributed by atoms with Gasteiger partial charge in [0.1, 0.15) is 12.4 Å². The third-order valence-electron chi connectivity index (χ3n) is 2.10. The molecule has 4 nitrogen and oxygen atoms in total. The number of carbonyl (C=O) groups is 1. The Morgan fingerprint density at radius 1 is 1.59 bits per heavy atom. The molecule has 1 N–H and O–H groups in total. The minimum atomic E-state index is -4.45. The van der Waals surface area contributed by atoms with E-state index in [-0.39, 0.29) is 11.5 Å². The van der Waals surface area contributed by atoms with Gasteiger partial charge in [-0.05, 0) is 19.9 Å². The van der Waals surface area contributed by atoms with Crippen molar-refractivity contribution in [3.8, 4) is 0 Å². The zero-order chi connectivity index (χ0) is 13.2. The highest BCUT2D eigenvalue weighted by molar-refractivity contribution is 5.86. The number of aryl methyl sites for hydroxylation is 1. The van der Waals surface area contributed by atoms with E-state index in [1.807, 2.05) is 0 Å². The van der Waals surface area contributed by atoms with E-state index in [4.69, 9.17) is 9.52 Å². The van der Waals surface area contributed by atoms with Crippen molar-refractivity contribution in [1.82, 2.24) is 0 Å². The van der Waals surface area contributed by atoms with E-state index in [1.165, 1.54) is 13.0 Å². The van der Waals surface area contributed by atoms with Crippen LogP contribution in [-0.2, 0) is 11.3 Å². The maximum atomic E-state index is 12.1. The number of hydrogen-bond donors (Lipinski definition) is 1. The van der Waals surface area contributed by atoms with Gasteiger partial charge in [-0.2, -0.15) is 13.2 Å². The van der Waals surface area contributed by atoms with Gasteiger partial charge in [0.25, 0.3) is 0 Å². The highest BCUT2D eigenvalue weighted by atomic mass is 19.4. The van der Waals surface area contributed by atoms with Crippen molar-refractivity contribution in [1.29, 1.82) is 0 Å². The van der Waals surface area contributed by atoms with Gasteiger partial charge in [0, 0.05) is 5.56 Å². The van der Waals surface area contributed by atoms with E-state index < -0.39 is 24.9 Å². The van der Waals surface area contributed by atoms with Crippen LogP contribution in [0, 0.1) is 6.92 Å². The molecule has 0 aliphatic heterocycles. The third-order valence-corrected chi connectivity index (χ3v) is 2.10. The van der Waals surface area contributed by atoms with Gasteiger partial charge in [-0.1, -0.05) is 0 Å². The summed E-state index contributed by atoms with van der Waals surface area (Å²) in [6.45, 7) is 1.94. The second-order valence-corrected chi connectivity index (χ2v) is 3.52. The van der Waals surface area contributed by atoms with Crippen LogP contribution in [0.5, 0.6) is 0 Å². The predicted molar refractivity (Wildman–Crippen MR) is 50.7 cm³/mol. The topological polar surface area (TPSA) is 59.7 Å². The number of aromatic carboxylic acids is 1. The predicted octanol–water partition coefficient (Wildman–Crippen LogP) is 2.75. The molecule has 7 heteroatoms. The largest absolute Gasteiger partial charge is 0.475 e. The molecule has 0 aliphatic rings. The van der Waals surface area contributed by atoms with Gasteiger partial charge >= 0.3 is 12.1 Å². The average molecular weight is 252 g/mol. The molecule has 0 aromatic carbocycles. The van der Waals surface area contributed by atoms with Crippen LogP contribution in [0.3, 0.4) is 0 Å². The fraction of sp³-hybridized carbons (Fsp3) is 0.500. The van der Waals surface area contributed by atoms with Crippen LogP contribution in [-0.4, -0.2) is 23.4 Å². The number of ether oxygens (including phenoxy) is 1. The molecule has 0 spiro atoms. The second kappa shape index (κ2) is 4.79. The van der Waals surface area contributed by atoms with Crippen molar-refractivity contribution in [2.75, 3.05) is 0 Å². The number of alkyl halides is 3. The van der Waals surface area contributed by atoms with Gasteiger partial charge in [-0.15, -0.1) is 0 Å². The molecule has 0 saturated carbocycles.